The second-order valence-corrected chi connectivity index (χ2v) is 6.27. The molecule has 0 spiro atoms. The van der Waals surface area contributed by atoms with Crippen molar-refractivity contribution in [1.29, 1.82) is 0 Å². The summed E-state index contributed by atoms with van der Waals surface area (Å²) in [4.78, 5) is 0. The maximum atomic E-state index is 5.94. The highest BCUT2D eigenvalue weighted by Gasteiger charge is 2.02. The van der Waals surface area contributed by atoms with E-state index in [1.54, 1.807) is 0 Å². The van der Waals surface area contributed by atoms with Crippen molar-refractivity contribution in [1.82, 2.24) is 0 Å². The van der Waals surface area contributed by atoms with Gasteiger partial charge in [0, 0.05) is 26.2 Å². The minimum atomic E-state index is 0.702. The van der Waals surface area contributed by atoms with Crippen LogP contribution in [0.3, 0.4) is 0 Å². The molecule has 0 radical (unpaired) electrons. The molecule has 0 bridgehead atoms. The number of benzene rings is 2. The zero-order valence-electron chi connectivity index (χ0n) is 9.18. The lowest BCUT2D eigenvalue weighted by molar-refractivity contribution is 1.14. The predicted octanol–water partition coefficient (Wildman–Crippen LogP) is 6.13. The molecule has 1 nitrogen and oxygen atoms in total. The van der Waals surface area contributed by atoms with Gasteiger partial charge in [-0.25, -0.2) is 0 Å². The highest BCUT2D eigenvalue weighted by molar-refractivity contribution is 9.10. The summed E-state index contributed by atoms with van der Waals surface area (Å²) in [5.41, 5.74) is 2.15. The molecule has 0 fully saturated rings. The third-order valence-electron chi connectivity index (χ3n) is 2.42. The molecule has 0 unspecified atom stereocenters. The summed E-state index contributed by atoms with van der Waals surface area (Å²) >= 11 is 18.7. The fourth-order valence-electron chi connectivity index (χ4n) is 1.47. The van der Waals surface area contributed by atoms with Gasteiger partial charge in [-0.1, -0.05) is 45.2 Å². The molecule has 0 amide bonds. The smallest absolute Gasteiger partial charge is 0.0549 e. The van der Waals surface area contributed by atoms with E-state index in [0.717, 1.165) is 25.2 Å². The Morgan fingerprint density at radius 2 is 1.72 bits per heavy atom. The Hall–Kier alpha value is -0.220. The standard InChI is InChI=1S/C13H9Br2Cl2N/c14-11-5-9(16)2-1-8(11)7-18-10-3-4-13(17)12(15)6-10/h1-6,18H,7H2. The molecule has 0 aliphatic rings. The molecular formula is C13H9Br2Cl2N. The van der Waals surface area contributed by atoms with Crippen LogP contribution in [-0.4, -0.2) is 0 Å². The summed E-state index contributed by atoms with van der Waals surface area (Å²) < 4.78 is 1.87. The molecule has 2 aromatic carbocycles. The van der Waals surface area contributed by atoms with Crippen molar-refractivity contribution in [2.24, 2.45) is 0 Å². The van der Waals surface area contributed by atoms with Crippen molar-refractivity contribution >= 4 is 60.7 Å². The Bertz CT molecular complexity index is 573. The molecule has 0 aromatic heterocycles. The molecule has 0 aliphatic carbocycles. The maximum Gasteiger partial charge on any atom is 0.0549 e. The van der Waals surface area contributed by atoms with Crippen LogP contribution in [0.2, 0.25) is 10.0 Å². The van der Waals surface area contributed by atoms with E-state index in [0.29, 0.717) is 11.6 Å². The number of hydrogen-bond acceptors (Lipinski definition) is 1. The topological polar surface area (TPSA) is 12.0 Å². The van der Waals surface area contributed by atoms with Crippen LogP contribution in [0, 0.1) is 0 Å². The third-order valence-corrected chi connectivity index (χ3v) is 4.60. The fourth-order valence-corrected chi connectivity index (χ4v) is 2.79. The van der Waals surface area contributed by atoms with E-state index in [-0.39, 0.29) is 0 Å². The van der Waals surface area contributed by atoms with E-state index >= 15 is 0 Å². The molecule has 0 aliphatic heterocycles. The molecule has 5 heteroatoms. The Labute approximate surface area is 133 Å². The Balaban J connectivity index is 2.09. The van der Waals surface area contributed by atoms with Gasteiger partial charge in [-0.15, -0.1) is 0 Å². The predicted molar refractivity (Wildman–Crippen MR) is 85.6 cm³/mol. The third kappa shape index (κ3) is 3.64. The van der Waals surface area contributed by atoms with Gasteiger partial charge in [0.25, 0.3) is 0 Å². The summed E-state index contributed by atoms with van der Waals surface area (Å²) in [5, 5.41) is 4.75. The zero-order chi connectivity index (χ0) is 13.1. The molecule has 0 heterocycles. The number of nitrogens with one attached hydrogen (secondary N) is 1. The van der Waals surface area contributed by atoms with Gasteiger partial charge < -0.3 is 5.32 Å². The molecule has 0 saturated heterocycles. The van der Waals surface area contributed by atoms with E-state index in [2.05, 4.69) is 37.2 Å². The average molecular weight is 410 g/mol. The highest BCUT2D eigenvalue weighted by Crippen LogP contribution is 2.27. The molecule has 1 N–H and O–H groups in total. The molecule has 0 saturated carbocycles. The largest absolute Gasteiger partial charge is 0.381 e. The maximum absolute atomic E-state index is 5.94. The molecule has 0 atom stereocenters. The van der Waals surface area contributed by atoms with Gasteiger partial charge in [-0.3, -0.25) is 0 Å². The summed E-state index contributed by atoms with van der Waals surface area (Å²) in [7, 11) is 0. The van der Waals surface area contributed by atoms with Crippen molar-refractivity contribution in [2.75, 3.05) is 5.32 Å². The van der Waals surface area contributed by atoms with Crippen LogP contribution < -0.4 is 5.32 Å². The van der Waals surface area contributed by atoms with E-state index in [1.165, 1.54) is 0 Å². The number of halogens is 4. The van der Waals surface area contributed by atoms with Gasteiger partial charge in [0.05, 0.1) is 5.02 Å². The van der Waals surface area contributed by atoms with E-state index in [1.807, 2.05) is 36.4 Å². The lowest BCUT2D eigenvalue weighted by atomic mass is 10.2. The Kier molecular flexibility index (Phi) is 4.96. The van der Waals surface area contributed by atoms with Gasteiger partial charge >= 0.3 is 0 Å². The van der Waals surface area contributed by atoms with E-state index in [4.69, 9.17) is 23.2 Å². The summed E-state index contributed by atoms with van der Waals surface area (Å²) in [5.74, 6) is 0. The SMILES string of the molecule is Clc1ccc(CNc2ccc(Cl)c(Br)c2)c(Br)c1. The first-order valence-corrected chi connectivity index (χ1v) is 7.53. The van der Waals surface area contributed by atoms with Crippen LogP contribution in [-0.2, 0) is 6.54 Å². The van der Waals surface area contributed by atoms with Crippen LogP contribution in [0.25, 0.3) is 0 Å². The monoisotopic (exact) mass is 407 g/mol. The van der Waals surface area contributed by atoms with Gasteiger partial charge in [0.15, 0.2) is 0 Å². The lowest BCUT2D eigenvalue weighted by Gasteiger charge is -2.09. The molecule has 2 aromatic rings. The minimum absolute atomic E-state index is 0.702. The van der Waals surface area contributed by atoms with E-state index in [9.17, 15) is 0 Å². The number of anilines is 1. The minimum Gasteiger partial charge on any atom is -0.381 e. The first-order chi connectivity index (χ1) is 8.56. The van der Waals surface area contributed by atoms with Gasteiger partial charge in [-0.2, -0.15) is 0 Å². The van der Waals surface area contributed by atoms with Crippen molar-refractivity contribution in [3.05, 3.63) is 61.0 Å². The summed E-state index contributed by atoms with van der Waals surface area (Å²) in [6.45, 7) is 0.714. The highest BCUT2D eigenvalue weighted by atomic mass is 79.9. The molecule has 18 heavy (non-hydrogen) atoms. The van der Waals surface area contributed by atoms with Crippen molar-refractivity contribution in [2.45, 2.75) is 6.54 Å². The quantitative estimate of drug-likeness (QED) is 0.642. The Morgan fingerprint density at radius 3 is 2.39 bits per heavy atom. The average Bonchev–Trinajstić information content (AvgIpc) is 2.32. The molecule has 94 valence electrons. The van der Waals surface area contributed by atoms with Crippen LogP contribution in [0.15, 0.2) is 45.3 Å². The van der Waals surface area contributed by atoms with Crippen molar-refractivity contribution in [3.8, 4) is 0 Å². The zero-order valence-corrected chi connectivity index (χ0v) is 13.9. The summed E-state index contributed by atoms with van der Waals surface area (Å²) in [6, 6.07) is 11.5. The second-order valence-electron chi connectivity index (χ2n) is 3.72. The summed E-state index contributed by atoms with van der Waals surface area (Å²) in [6.07, 6.45) is 0. The second kappa shape index (κ2) is 6.29. The lowest BCUT2D eigenvalue weighted by Crippen LogP contribution is -2.00. The van der Waals surface area contributed by atoms with Gasteiger partial charge in [-0.05, 0) is 51.8 Å². The first kappa shape index (κ1) is 14.2. The van der Waals surface area contributed by atoms with Crippen molar-refractivity contribution in [3.63, 3.8) is 0 Å². The van der Waals surface area contributed by atoms with Crippen LogP contribution in [0.4, 0.5) is 5.69 Å². The normalized spacial score (nSPS) is 10.4. The molecule has 2 rings (SSSR count). The number of rotatable bonds is 3. The van der Waals surface area contributed by atoms with Crippen LogP contribution in [0.5, 0.6) is 0 Å². The first-order valence-electron chi connectivity index (χ1n) is 5.19. The fraction of sp³-hybridized carbons (Fsp3) is 0.0769. The van der Waals surface area contributed by atoms with Crippen LogP contribution >= 0.6 is 55.1 Å². The molecular weight excluding hydrogens is 401 g/mol. The number of hydrogen-bond donors (Lipinski definition) is 1. The van der Waals surface area contributed by atoms with Crippen LogP contribution in [0.1, 0.15) is 5.56 Å². The van der Waals surface area contributed by atoms with Crippen molar-refractivity contribution < 1.29 is 0 Å². The Morgan fingerprint density at radius 1 is 0.944 bits per heavy atom. The van der Waals surface area contributed by atoms with E-state index < -0.39 is 0 Å². The van der Waals surface area contributed by atoms with Gasteiger partial charge in [0.1, 0.15) is 0 Å². The van der Waals surface area contributed by atoms with Gasteiger partial charge in [0.2, 0.25) is 0 Å².